The molecule has 0 spiro atoms. The molecule has 2 aliphatic rings. The molecule has 0 saturated carbocycles. The highest BCUT2D eigenvalue weighted by molar-refractivity contribution is 5.98. The zero-order chi connectivity index (χ0) is 24.1. The first-order valence-corrected chi connectivity index (χ1v) is 12.7. The summed E-state index contributed by atoms with van der Waals surface area (Å²) in [6, 6.07) is 8.85. The van der Waals surface area contributed by atoms with E-state index in [0.29, 0.717) is 30.3 Å². The molecule has 2 aromatic rings. The third-order valence-corrected chi connectivity index (χ3v) is 7.35. The maximum Gasteiger partial charge on any atom is 0.230 e. The largest absolute Gasteiger partial charge is 0.382 e. The molecule has 4 rings (SSSR count). The molecule has 1 amide bonds. The predicted molar refractivity (Wildman–Crippen MR) is 136 cm³/mol. The highest BCUT2D eigenvalue weighted by Crippen LogP contribution is 2.33. The summed E-state index contributed by atoms with van der Waals surface area (Å²) in [7, 11) is 0. The lowest BCUT2D eigenvalue weighted by Crippen LogP contribution is -2.50. The van der Waals surface area contributed by atoms with E-state index in [4.69, 9.17) is 11.1 Å². The third kappa shape index (κ3) is 5.81. The first kappa shape index (κ1) is 24.3. The van der Waals surface area contributed by atoms with Crippen molar-refractivity contribution in [2.75, 3.05) is 11.4 Å². The average Bonchev–Trinajstić information content (AvgIpc) is 2.81. The van der Waals surface area contributed by atoms with Crippen LogP contribution in [0.1, 0.15) is 75.7 Å². The average molecular weight is 463 g/mol. The molecule has 182 valence electrons. The first-order valence-electron chi connectivity index (χ1n) is 12.7. The second kappa shape index (κ2) is 10.6. The van der Waals surface area contributed by atoms with E-state index in [2.05, 4.69) is 41.3 Å². The lowest BCUT2D eigenvalue weighted by Gasteiger charge is -2.39. The molecule has 1 saturated heterocycles. The number of nitrogens with one attached hydrogen (secondary N) is 2. The van der Waals surface area contributed by atoms with Crippen LogP contribution in [0.5, 0.6) is 0 Å². The fraction of sp³-hybridized carbons (Fsp3) is 0.556. The van der Waals surface area contributed by atoms with Gasteiger partial charge in [0.2, 0.25) is 5.91 Å². The number of nitrogens with zero attached hydrogens (tertiary/aromatic N) is 3. The van der Waals surface area contributed by atoms with Crippen LogP contribution in [0.2, 0.25) is 0 Å². The number of carbonyl (C=O) groups excluding carboxylic acids is 1. The van der Waals surface area contributed by atoms with Gasteiger partial charge in [0.25, 0.3) is 0 Å². The smallest absolute Gasteiger partial charge is 0.230 e. The Bertz CT molecular complexity index is 1020. The lowest BCUT2D eigenvalue weighted by molar-refractivity contribution is -0.122. The van der Waals surface area contributed by atoms with Crippen LogP contribution in [0.4, 0.5) is 5.69 Å². The second-order valence-electron chi connectivity index (χ2n) is 10.3. The summed E-state index contributed by atoms with van der Waals surface area (Å²) in [4.78, 5) is 24.1. The Hall–Kier alpha value is -2.80. The van der Waals surface area contributed by atoms with Crippen molar-refractivity contribution in [1.29, 1.82) is 5.41 Å². The van der Waals surface area contributed by atoms with Gasteiger partial charge in [-0.2, -0.15) is 0 Å². The van der Waals surface area contributed by atoms with Crippen LogP contribution in [-0.2, 0) is 17.6 Å². The second-order valence-corrected chi connectivity index (χ2v) is 10.3. The zero-order valence-corrected chi connectivity index (χ0v) is 20.5. The maximum atomic E-state index is 13.5. The number of para-hydroxylation sites is 1. The van der Waals surface area contributed by atoms with Crippen LogP contribution in [0.3, 0.4) is 0 Å². The number of anilines is 1. The molecular formula is C27H38N6O. The van der Waals surface area contributed by atoms with Crippen molar-refractivity contribution in [3.05, 3.63) is 53.6 Å². The van der Waals surface area contributed by atoms with Gasteiger partial charge in [0, 0.05) is 42.3 Å². The van der Waals surface area contributed by atoms with Gasteiger partial charge in [-0.3, -0.25) is 15.2 Å². The quantitative estimate of drug-likeness (QED) is 0.297. The molecule has 2 aliphatic heterocycles. The number of nitrogens with two attached hydrogens (primary N) is 1. The number of nitrogen functional groups attached to an aromatic ring is 1. The van der Waals surface area contributed by atoms with E-state index < -0.39 is 0 Å². The van der Waals surface area contributed by atoms with Gasteiger partial charge in [-0.05, 0) is 57.6 Å². The summed E-state index contributed by atoms with van der Waals surface area (Å²) in [5.74, 6) is -0.134. The molecule has 3 atom stereocenters. The number of piperidine rings is 1. The van der Waals surface area contributed by atoms with Gasteiger partial charge in [0.1, 0.15) is 11.5 Å². The Morgan fingerprint density at radius 2 is 2.09 bits per heavy atom. The van der Waals surface area contributed by atoms with Gasteiger partial charge in [-0.25, -0.2) is 4.98 Å². The fourth-order valence-corrected chi connectivity index (χ4v) is 5.61. The van der Waals surface area contributed by atoms with Crippen molar-refractivity contribution in [2.45, 2.75) is 83.2 Å². The summed E-state index contributed by atoms with van der Waals surface area (Å²) in [5.41, 5.74) is 9.13. The van der Waals surface area contributed by atoms with Crippen LogP contribution in [0, 0.1) is 11.3 Å². The molecule has 1 aromatic carbocycles. The van der Waals surface area contributed by atoms with Crippen LogP contribution in [0.15, 0.2) is 36.7 Å². The van der Waals surface area contributed by atoms with Gasteiger partial charge < -0.3 is 16.0 Å². The maximum absolute atomic E-state index is 13.5. The van der Waals surface area contributed by atoms with E-state index in [1.165, 1.54) is 43.9 Å². The minimum Gasteiger partial charge on any atom is -0.382 e. The molecule has 3 heterocycles. The highest BCUT2D eigenvalue weighted by atomic mass is 16.2. The number of hydrogen-bond donors (Lipinski definition) is 3. The SMILES string of the molecule is C[C@H]1CCC[C@@](C)(CCCCCN2C(=O)C(Cc3cncc(C(=N)N)n3)Cc3ccccc32)N1. The first-order chi connectivity index (χ1) is 16.3. The van der Waals surface area contributed by atoms with Gasteiger partial charge in [-0.1, -0.05) is 37.5 Å². The number of hydrogen-bond acceptors (Lipinski definition) is 5. The van der Waals surface area contributed by atoms with Crippen LogP contribution < -0.4 is 16.0 Å². The number of benzene rings is 1. The highest BCUT2D eigenvalue weighted by Gasteiger charge is 2.33. The van der Waals surface area contributed by atoms with Gasteiger partial charge >= 0.3 is 0 Å². The summed E-state index contributed by atoms with van der Waals surface area (Å²) in [6.45, 7) is 5.39. The van der Waals surface area contributed by atoms with E-state index in [-0.39, 0.29) is 23.2 Å². The van der Waals surface area contributed by atoms with E-state index in [0.717, 1.165) is 25.1 Å². The van der Waals surface area contributed by atoms with E-state index in [1.54, 1.807) is 6.20 Å². The minimum absolute atomic E-state index is 0.108. The minimum atomic E-state index is -0.182. The molecule has 0 radical (unpaired) electrons. The standard InChI is InChI=1S/C27H38N6O/c1-19-9-8-13-27(2,32-19)12-6-3-7-14-33-24-11-5-4-10-20(24)15-21(26(33)34)16-22-17-30-18-23(31-22)25(28)29/h4-5,10-11,17-19,21,32H,3,6-9,12-16H2,1-2H3,(H3,28,29)/t19-,21?,27+/m0/s1. The van der Waals surface area contributed by atoms with Crippen LogP contribution in [0.25, 0.3) is 0 Å². The zero-order valence-electron chi connectivity index (χ0n) is 20.5. The molecule has 1 aromatic heterocycles. The summed E-state index contributed by atoms with van der Waals surface area (Å²) in [5, 5.41) is 11.4. The van der Waals surface area contributed by atoms with Crippen molar-refractivity contribution < 1.29 is 4.79 Å². The van der Waals surface area contributed by atoms with Gasteiger partial charge in [-0.15, -0.1) is 0 Å². The number of rotatable bonds is 9. The monoisotopic (exact) mass is 462 g/mol. The Morgan fingerprint density at radius 3 is 2.88 bits per heavy atom. The molecule has 4 N–H and O–H groups in total. The number of amides is 1. The predicted octanol–water partition coefficient (Wildman–Crippen LogP) is 3.99. The number of aromatic nitrogens is 2. The van der Waals surface area contributed by atoms with Crippen molar-refractivity contribution in [1.82, 2.24) is 15.3 Å². The van der Waals surface area contributed by atoms with Crippen LogP contribution >= 0.6 is 0 Å². The molecular weight excluding hydrogens is 424 g/mol. The summed E-state index contributed by atoms with van der Waals surface area (Å²) < 4.78 is 0. The molecule has 0 bridgehead atoms. The number of fused-ring (bicyclic) bond motifs is 1. The summed E-state index contributed by atoms with van der Waals surface area (Å²) in [6.07, 6.45) is 12.7. The molecule has 34 heavy (non-hydrogen) atoms. The van der Waals surface area contributed by atoms with Crippen molar-refractivity contribution in [2.24, 2.45) is 11.7 Å². The Kier molecular flexibility index (Phi) is 7.61. The van der Waals surface area contributed by atoms with Crippen LogP contribution in [-0.4, -0.2) is 39.8 Å². The molecule has 1 fully saturated rings. The van der Waals surface area contributed by atoms with Crippen molar-refractivity contribution in [3.8, 4) is 0 Å². The van der Waals surface area contributed by atoms with E-state index >= 15 is 0 Å². The fourth-order valence-electron chi connectivity index (χ4n) is 5.61. The normalized spacial score (nSPS) is 24.6. The van der Waals surface area contributed by atoms with Crippen molar-refractivity contribution in [3.63, 3.8) is 0 Å². The lowest BCUT2D eigenvalue weighted by atomic mass is 9.83. The molecule has 0 aliphatic carbocycles. The van der Waals surface area contributed by atoms with Gasteiger partial charge in [0.15, 0.2) is 0 Å². The molecule has 1 unspecified atom stereocenters. The summed E-state index contributed by atoms with van der Waals surface area (Å²) >= 11 is 0. The number of unbranched alkanes of at least 4 members (excludes halogenated alkanes) is 2. The number of carbonyl (C=O) groups is 1. The molecule has 7 nitrogen and oxygen atoms in total. The Morgan fingerprint density at radius 1 is 1.26 bits per heavy atom. The Balaban J connectivity index is 1.37. The van der Waals surface area contributed by atoms with E-state index in [1.807, 2.05) is 17.0 Å². The van der Waals surface area contributed by atoms with Crippen molar-refractivity contribution >= 4 is 17.4 Å². The molecule has 7 heteroatoms. The number of amidine groups is 1. The third-order valence-electron chi connectivity index (χ3n) is 7.35. The van der Waals surface area contributed by atoms with Gasteiger partial charge in [0.05, 0.1) is 11.9 Å². The van der Waals surface area contributed by atoms with E-state index in [9.17, 15) is 4.79 Å². The Labute approximate surface area is 203 Å². The topological polar surface area (TPSA) is 108 Å².